The van der Waals surface area contributed by atoms with E-state index in [2.05, 4.69) is 28.2 Å². The van der Waals surface area contributed by atoms with Crippen LogP contribution >= 0.6 is 22.6 Å². The third kappa shape index (κ3) is 5.00. The quantitative estimate of drug-likeness (QED) is 0.533. The fourth-order valence-electron chi connectivity index (χ4n) is 3.99. The van der Waals surface area contributed by atoms with Gasteiger partial charge in [-0.1, -0.05) is 12.1 Å². The first-order valence-corrected chi connectivity index (χ1v) is 11.4. The van der Waals surface area contributed by atoms with Crippen LogP contribution in [0.15, 0.2) is 36.4 Å². The molecule has 1 saturated carbocycles. The lowest BCUT2D eigenvalue weighted by atomic mass is 10.0. The number of nitrogens with one attached hydrogen (secondary N) is 1. The van der Waals surface area contributed by atoms with E-state index in [1.165, 1.54) is 30.0 Å². The highest BCUT2D eigenvalue weighted by atomic mass is 127. The third-order valence-electron chi connectivity index (χ3n) is 5.93. The van der Waals surface area contributed by atoms with Crippen molar-refractivity contribution in [2.75, 3.05) is 38.5 Å². The molecule has 1 N–H and O–H groups in total. The molecule has 1 aliphatic carbocycles. The molecule has 0 unspecified atom stereocenters. The Morgan fingerprint density at radius 1 is 1.17 bits per heavy atom. The van der Waals surface area contributed by atoms with Crippen LogP contribution in [0.2, 0.25) is 0 Å². The van der Waals surface area contributed by atoms with Crippen molar-refractivity contribution < 1.29 is 13.6 Å². The van der Waals surface area contributed by atoms with Crippen LogP contribution in [-0.4, -0.2) is 48.9 Å². The van der Waals surface area contributed by atoms with Crippen LogP contribution < -0.4 is 5.32 Å². The van der Waals surface area contributed by atoms with E-state index in [0.29, 0.717) is 15.2 Å². The van der Waals surface area contributed by atoms with E-state index in [0.717, 1.165) is 32.7 Å². The minimum atomic E-state index is -2.69. The molecular weight excluding hydrogens is 499 g/mol. The van der Waals surface area contributed by atoms with Gasteiger partial charge in [0.2, 0.25) is 0 Å². The van der Waals surface area contributed by atoms with Crippen molar-refractivity contribution in [1.82, 2.24) is 9.80 Å². The first-order valence-electron chi connectivity index (χ1n) is 10.3. The Bertz CT molecular complexity index is 925. The highest BCUT2D eigenvalue weighted by Crippen LogP contribution is 2.43. The number of amides is 1. The Labute approximate surface area is 189 Å². The van der Waals surface area contributed by atoms with Crippen molar-refractivity contribution >= 4 is 34.2 Å². The highest BCUT2D eigenvalue weighted by molar-refractivity contribution is 14.1. The van der Waals surface area contributed by atoms with E-state index in [4.69, 9.17) is 0 Å². The van der Waals surface area contributed by atoms with Crippen LogP contribution in [0.4, 0.5) is 14.5 Å². The van der Waals surface area contributed by atoms with E-state index in [-0.39, 0.29) is 11.1 Å². The van der Waals surface area contributed by atoms with Gasteiger partial charge in [0.1, 0.15) is 0 Å². The minimum absolute atomic E-state index is 0.0337. The lowest BCUT2D eigenvalue weighted by Gasteiger charge is -2.32. The number of anilines is 1. The summed E-state index contributed by atoms with van der Waals surface area (Å²) in [5, 5.41) is 2.84. The summed E-state index contributed by atoms with van der Waals surface area (Å²) in [7, 11) is 2.15. The second-order valence-corrected chi connectivity index (χ2v) is 9.39. The minimum Gasteiger partial charge on any atom is -0.322 e. The normalized spacial score (nSPS) is 18.0. The summed E-state index contributed by atoms with van der Waals surface area (Å²) in [5.74, 6) is 0.0518. The van der Waals surface area contributed by atoms with Crippen molar-refractivity contribution in [2.45, 2.75) is 31.7 Å². The number of nitrogens with zero attached hydrogens (tertiary/aromatic N) is 2. The van der Waals surface area contributed by atoms with Crippen LogP contribution in [0.3, 0.4) is 0 Å². The van der Waals surface area contributed by atoms with Crippen molar-refractivity contribution in [1.29, 1.82) is 0 Å². The van der Waals surface area contributed by atoms with Crippen LogP contribution in [0, 0.1) is 3.57 Å². The van der Waals surface area contributed by atoms with Gasteiger partial charge >= 0.3 is 0 Å². The molecule has 1 aliphatic heterocycles. The number of hydrogen-bond donors (Lipinski definition) is 1. The molecule has 1 amide bonds. The first-order chi connectivity index (χ1) is 14.4. The zero-order chi connectivity index (χ0) is 21.3. The first kappa shape index (κ1) is 21.6. The van der Waals surface area contributed by atoms with Crippen LogP contribution in [0.5, 0.6) is 0 Å². The third-order valence-corrected chi connectivity index (χ3v) is 6.87. The molecule has 2 aromatic rings. The summed E-state index contributed by atoms with van der Waals surface area (Å²) in [4.78, 5) is 17.6. The maximum absolute atomic E-state index is 13.5. The lowest BCUT2D eigenvalue weighted by Crippen LogP contribution is -2.44. The molecule has 0 spiro atoms. The van der Waals surface area contributed by atoms with Gasteiger partial charge in [-0.2, -0.15) is 0 Å². The predicted octanol–water partition coefficient (Wildman–Crippen LogP) is 5.11. The number of alkyl halides is 2. The molecule has 1 saturated heterocycles. The van der Waals surface area contributed by atoms with Gasteiger partial charge in [0.25, 0.3) is 12.3 Å². The van der Waals surface area contributed by atoms with Gasteiger partial charge in [0.05, 0.1) is 0 Å². The molecule has 2 aliphatic rings. The van der Waals surface area contributed by atoms with Gasteiger partial charge in [-0.15, -0.1) is 0 Å². The van der Waals surface area contributed by atoms with Gasteiger partial charge in [-0.25, -0.2) is 8.78 Å². The summed E-state index contributed by atoms with van der Waals surface area (Å²) in [5.41, 5.74) is 3.09. The van der Waals surface area contributed by atoms with Crippen molar-refractivity contribution in [2.24, 2.45) is 0 Å². The van der Waals surface area contributed by atoms with Crippen LogP contribution in [0.1, 0.15) is 52.2 Å². The molecular formula is C23H26F2IN3O. The molecule has 0 radical (unpaired) electrons. The van der Waals surface area contributed by atoms with Crippen LogP contribution in [-0.2, 0) is 6.54 Å². The van der Waals surface area contributed by atoms with Crippen molar-refractivity contribution in [3.63, 3.8) is 0 Å². The Balaban J connectivity index is 1.52. The Hall–Kier alpha value is -1.58. The Morgan fingerprint density at radius 2 is 1.90 bits per heavy atom. The highest BCUT2D eigenvalue weighted by Gasteiger charge is 2.28. The molecule has 2 aromatic carbocycles. The van der Waals surface area contributed by atoms with E-state index in [1.807, 2.05) is 34.7 Å². The number of hydrogen-bond acceptors (Lipinski definition) is 3. The molecule has 7 heteroatoms. The van der Waals surface area contributed by atoms with E-state index < -0.39 is 12.3 Å². The number of rotatable bonds is 6. The largest absolute Gasteiger partial charge is 0.322 e. The van der Waals surface area contributed by atoms with Gasteiger partial charge in [0, 0.05) is 53.1 Å². The molecule has 0 atom stereocenters. The SMILES string of the molecule is CN1CCN(Cc2ccc(NC(=O)c3cccc(I)c3C(F)F)cc2C2CC2)CC1. The number of halogens is 3. The Morgan fingerprint density at radius 3 is 2.57 bits per heavy atom. The fourth-order valence-corrected chi connectivity index (χ4v) is 4.73. The predicted molar refractivity (Wildman–Crippen MR) is 123 cm³/mol. The second kappa shape index (κ2) is 9.28. The molecule has 0 aromatic heterocycles. The lowest BCUT2D eigenvalue weighted by molar-refractivity contribution is 0.101. The Kier molecular flexibility index (Phi) is 6.69. The van der Waals surface area contributed by atoms with E-state index in [1.54, 1.807) is 12.1 Å². The standard InChI is InChI=1S/C23H26F2IN3O/c1-28-9-11-29(12-10-28)14-16-7-8-17(13-19(16)15-5-6-15)27-23(30)18-3-2-4-20(26)21(18)22(24)25/h2-4,7-8,13,15,22H,5-6,9-12,14H2,1H3,(H,27,30). The van der Waals surface area contributed by atoms with Gasteiger partial charge in [0.15, 0.2) is 0 Å². The maximum Gasteiger partial charge on any atom is 0.265 e. The van der Waals surface area contributed by atoms with Gasteiger partial charge < -0.3 is 10.2 Å². The number of carbonyl (C=O) groups excluding carboxylic acids is 1. The monoisotopic (exact) mass is 525 g/mol. The molecule has 4 rings (SSSR count). The average molecular weight is 525 g/mol. The average Bonchev–Trinajstić information content (AvgIpc) is 3.55. The smallest absolute Gasteiger partial charge is 0.265 e. The van der Waals surface area contributed by atoms with E-state index in [9.17, 15) is 13.6 Å². The second-order valence-electron chi connectivity index (χ2n) is 8.22. The summed E-state index contributed by atoms with van der Waals surface area (Å²) >= 11 is 1.85. The molecule has 160 valence electrons. The molecule has 2 fully saturated rings. The number of likely N-dealkylation sites (N-methyl/N-ethyl adjacent to an activating group) is 1. The molecule has 30 heavy (non-hydrogen) atoms. The van der Waals surface area contributed by atoms with Gasteiger partial charge in [-0.05, 0) is 83.8 Å². The summed E-state index contributed by atoms with van der Waals surface area (Å²) in [6.07, 6.45) is -0.356. The topological polar surface area (TPSA) is 35.6 Å². The zero-order valence-electron chi connectivity index (χ0n) is 17.0. The fraction of sp³-hybridized carbons (Fsp3) is 0.435. The van der Waals surface area contributed by atoms with E-state index >= 15 is 0 Å². The maximum atomic E-state index is 13.5. The van der Waals surface area contributed by atoms with Crippen LogP contribution in [0.25, 0.3) is 0 Å². The number of piperazine rings is 1. The molecule has 1 heterocycles. The van der Waals surface area contributed by atoms with Crippen molar-refractivity contribution in [3.8, 4) is 0 Å². The number of carbonyl (C=O) groups is 1. The molecule has 4 nitrogen and oxygen atoms in total. The van der Waals surface area contributed by atoms with Gasteiger partial charge in [-0.3, -0.25) is 9.69 Å². The zero-order valence-corrected chi connectivity index (χ0v) is 19.2. The summed E-state index contributed by atoms with van der Waals surface area (Å²) < 4.78 is 27.3. The summed E-state index contributed by atoms with van der Waals surface area (Å²) in [6.45, 7) is 5.19. The van der Waals surface area contributed by atoms with Crippen molar-refractivity contribution in [3.05, 3.63) is 62.2 Å². The molecule has 0 bridgehead atoms. The number of benzene rings is 2. The summed E-state index contributed by atoms with van der Waals surface area (Å²) in [6, 6.07) is 10.7.